The molecule has 0 aliphatic carbocycles. The van der Waals surface area contributed by atoms with Crippen LogP contribution in [0.5, 0.6) is 0 Å². The molecular formula is C15H20N2O2. The number of amides is 2. The highest BCUT2D eigenvalue weighted by Crippen LogP contribution is 2.23. The Bertz CT molecular complexity index is 493. The summed E-state index contributed by atoms with van der Waals surface area (Å²) >= 11 is 0. The van der Waals surface area contributed by atoms with E-state index < -0.39 is 0 Å². The highest BCUT2D eigenvalue weighted by atomic mass is 16.2. The number of hydrogen-bond donors (Lipinski definition) is 0. The first-order chi connectivity index (χ1) is 9.02. The summed E-state index contributed by atoms with van der Waals surface area (Å²) in [4.78, 5) is 27.1. The van der Waals surface area contributed by atoms with E-state index in [0.29, 0.717) is 19.6 Å². The molecule has 0 bridgehead atoms. The van der Waals surface area contributed by atoms with E-state index >= 15 is 0 Å². The Hall–Kier alpha value is -1.84. The molecule has 1 fully saturated rings. The Balaban J connectivity index is 2.07. The monoisotopic (exact) mass is 260 g/mol. The highest BCUT2D eigenvalue weighted by Gasteiger charge is 2.36. The van der Waals surface area contributed by atoms with Crippen LogP contribution in [-0.4, -0.2) is 36.3 Å². The van der Waals surface area contributed by atoms with Crippen LogP contribution in [0.15, 0.2) is 24.3 Å². The van der Waals surface area contributed by atoms with Gasteiger partial charge in [0.2, 0.25) is 11.8 Å². The second kappa shape index (κ2) is 5.43. The number of carbonyl (C=O) groups is 2. The number of aryl methyl sites for hydroxylation is 1. The SMILES string of the molecule is CCN(C(=O)C1CN(C(C)=O)C1)c1cccc(C)c1. The molecule has 1 heterocycles. The second-order valence-corrected chi connectivity index (χ2v) is 5.04. The quantitative estimate of drug-likeness (QED) is 0.832. The Kier molecular flexibility index (Phi) is 3.88. The van der Waals surface area contributed by atoms with E-state index in [-0.39, 0.29) is 17.7 Å². The largest absolute Gasteiger partial charge is 0.341 e. The third-order valence-electron chi connectivity index (χ3n) is 3.57. The molecule has 0 N–H and O–H groups in total. The maximum atomic E-state index is 12.4. The normalized spacial score (nSPS) is 15.0. The van der Waals surface area contributed by atoms with Crippen molar-refractivity contribution in [3.05, 3.63) is 29.8 Å². The van der Waals surface area contributed by atoms with Crippen molar-refractivity contribution in [1.82, 2.24) is 4.90 Å². The molecule has 102 valence electrons. The minimum absolute atomic E-state index is 0.0441. The summed E-state index contributed by atoms with van der Waals surface area (Å²) in [5.41, 5.74) is 2.08. The summed E-state index contributed by atoms with van der Waals surface area (Å²) in [7, 11) is 0. The maximum absolute atomic E-state index is 12.4. The first-order valence-corrected chi connectivity index (χ1v) is 6.66. The molecule has 1 aliphatic heterocycles. The number of carbonyl (C=O) groups excluding carboxylic acids is 2. The fourth-order valence-electron chi connectivity index (χ4n) is 2.37. The summed E-state index contributed by atoms with van der Waals surface area (Å²) < 4.78 is 0. The molecule has 2 rings (SSSR count). The highest BCUT2D eigenvalue weighted by molar-refractivity contribution is 5.96. The summed E-state index contributed by atoms with van der Waals surface area (Å²) in [5, 5.41) is 0. The second-order valence-electron chi connectivity index (χ2n) is 5.04. The van der Waals surface area contributed by atoms with Crippen molar-refractivity contribution < 1.29 is 9.59 Å². The van der Waals surface area contributed by atoms with Crippen LogP contribution in [0.25, 0.3) is 0 Å². The van der Waals surface area contributed by atoms with Crippen LogP contribution in [0.4, 0.5) is 5.69 Å². The average molecular weight is 260 g/mol. The minimum Gasteiger partial charge on any atom is -0.341 e. The lowest BCUT2D eigenvalue weighted by molar-refractivity contribution is -0.140. The van der Waals surface area contributed by atoms with Crippen LogP contribution in [0.2, 0.25) is 0 Å². The molecule has 0 radical (unpaired) electrons. The number of benzene rings is 1. The summed E-state index contributed by atoms with van der Waals surface area (Å²) in [6.07, 6.45) is 0. The first kappa shape index (κ1) is 13.6. The Morgan fingerprint density at radius 2 is 2.05 bits per heavy atom. The van der Waals surface area contributed by atoms with Gasteiger partial charge in [-0.2, -0.15) is 0 Å². The van der Waals surface area contributed by atoms with Crippen molar-refractivity contribution in [3.63, 3.8) is 0 Å². The van der Waals surface area contributed by atoms with Crippen molar-refractivity contribution in [2.75, 3.05) is 24.5 Å². The molecular weight excluding hydrogens is 240 g/mol. The molecule has 1 aromatic rings. The van der Waals surface area contributed by atoms with Crippen molar-refractivity contribution in [1.29, 1.82) is 0 Å². The van der Waals surface area contributed by atoms with Gasteiger partial charge in [0.15, 0.2) is 0 Å². The van der Waals surface area contributed by atoms with Gasteiger partial charge in [0.25, 0.3) is 0 Å². The van der Waals surface area contributed by atoms with E-state index in [4.69, 9.17) is 0 Å². The molecule has 1 aromatic carbocycles. The van der Waals surface area contributed by atoms with E-state index in [0.717, 1.165) is 11.3 Å². The third kappa shape index (κ3) is 2.78. The summed E-state index contributed by atoms with van der Waals surface area (Å²) in [5.74, 6) is 0.109. The molecule has 4 heteroatoms. The number of hydrogen-bond acceptors (Lipinski definition) is 2. The van der Waals surface area contributed by atoms with Gasteiger partial charge in [-0.05, 0) is 31.5 Å². The molecule has 19 heavy (non-hydrogen) atoms. The number of nitrogens with zero attached hydrogens (tertiary/aromatic N) is 2. The van der Waals surface area contributed by atoms with Gasteiger partial charge in [-0.25, -0.2) is 0 Å². The van der Waals surface area contributed by atoms with Crippen LogP contribution in [0, 0.1) is 12.8 Å². The zero-order valence-corrected chi connectivity index (χ0v) is 11.7. The molecule has 0 saturated carbocycles. The van der Waals surface area contributed by atoms with Gasteiger partial charge in [-0.3, -0.25) is 9.59 Å². The zero-order chi connectivity index (χ0) is 14.0. The average Bonchev–Trinajstić information content (AvgIpc) is 2.27. The predicted octanol–water partition coefficient (Wildman–Crippen LogP) is 1.83. The lowest BCUT2D eigenvalue weighted by Crippen LogP contribution is -2.56. The minimum atomic E-state index is -0.0515. The lowest BCUT2D eigenvalue weighted by Gasteiger charge is -2.40. The van der Waals surface area contributed by atoms with Gasteiger partial charge in [-0.1, -0.05) is 12.1 Å². The Morgan fingerprint density at radius 1 is 1.37 bits per heavy atom. The van der Waals surface area contributed by atoms with E-state index in [9.17, 15) is 9.59 Å². The molecule has 1 saturated heterocycles. The van der Waals surface area contributed by atoms with E-state index in [1.807, 2.05) is 38.1 Å². The molecule has 0 spiro atoms. The molecule has 0 unspecified atom stereocenters. The van der Waals surface area contributed by atoms with Gasteiger partial charge in [-0.15, -0.1) is 0 Å². The molecule has 0 atom stereocenters. The van der Waals surface area contributed by atoms with Gasteiger partial charge in [0.05, 0.1) is 5.92 Å². The fourth-order valence-corrected chi connectivity index (χ4v) is 2.37. The summed E-state index contributed by atoms with van der Waals surface area (Å²) in [6.45, 7) is 7.29. The van der Waals surface area contributed by atoms with Gasteiger partial charge in [0.1, 0.15) is 0 Å². The number of anilines is 1. The molecule has 0 aromatic heterocycles. The van der Waals surface area contributed by atoms with Gasteiger partial charge < -0.3 is 9.80 Å². The van der Waals surface area contributed by atoms with Crippen molar-refractivity contribution in [2.45, 2.75) is 20.8 Å². The Morgan fingerprint density at radius 3 is 2.58 bits per heavy atom. The standard InChI is InChI=1S/C15H20N2O2/c1-4-17(14-7-5-6-11(2)8-14)15(19)13-9-16(10-13)12(3)18/h5-8,13H,4,9-10H2,1-3H3. The molecule has 4 nitrogen and oxygen atoms in total. The van der Waals surface area contributed by atoms with E-state index in [1.165, 1.54) is 0 Å². The Labute approximate surface area is 114 Å². The van der Waals surface area contributed by atoms with Crippen LogP contribution >= 0.6 is 0 Å². The topological polar surface area (TPSA) is 40.6 Å². The van der Waals surface area contributed by atoms with Gasteiger partial charge >= 0.3 is 0 Å². The lowest BCUT2D eigenvalue weighted by atomic mass is 9.98. The third-order valence-corrected chi connectivity index (χ3v) is 3.57. The molecule has 2 amide bonds. The fraction of sp³-hybridized carbons (Fsp3) is 0.467. The van der Waals surface area contributed by atoms with Crippen molar-refractivity contribution in [2.24, 2.45) is 5.92 Å². The van der Waals surface area contributed by atoms with Crippen molar-refractivity contribution in [3.8, 4) is 0 Å². The van der Waals surface area contributed by atoms with Crippen LogP contribution in [0.1, 0.15) is 19.4 Å². The summed E-state index contributed by atoms with van der Waals surface area (Å²) in [6, 6.07) is 7.95. The van der Waals surface area contributed by atoms with E-state index in [1.54, 1.807) is 16.7 Å². The predicted molar refractivity (Wildman–Crippen MR) is 75.0 cm³/mol. The van der Waals surface area contributed by atoms with Crippen molar-refractivity contribution >= 4 is 17.5 Å². The van der Waals surface area contributed by atoms with Crippen LogP contribution in [-0.2, 0) is 9.59 Å². The maximum Gasteiger partial charge on any atom is 0.233 e. The number of rotatable bonds is 3. The number of likely N-dealkylation sites (tertiary alicyclic amines) is 1. The van der Waals surface area contributed by atoms with E-state index in [2.05, 4.69) is 0 Å². The smallest absolute Gasteiger partial charge is 0.233 e. The van der Waals surface area contributed by atoms with Crippen LogP contribution in [0.3, 0.4) is 0 Å². The molecule has 1 aliphatic rings. The van der Waals surface area contributed by atoms with Gasteiger partial charge in [0, 0.05) is 32.2 Å². The first-order valence-electron chi connectivity index (χ1n) is 6.66. The zero-order valence-electron chi connectivity index (χ0n) is 11.7. The van der Waals surface area contributed by atoms with Crippen LogP contribution < -0.4 is 4.90 Å².